The summed E-state index contributed by atoms with van der Waals surface area (Å²) < 4.78 is 5.36. The number of fused-ring (bicyclic) bond motifs is 1. The average Bonchev–Trinajstić information content (AvgIpc) is 3.21. The van der Waals surface area contributed by atoms with E-state index in [-0.39, 0.29) is 37.5 Å². The van der Waals surface area contributed by atoms with Crippen LogP contribution in [0.2, 0.25) is 20.1 Å². The first-order chi connectivity index (χ1) is 20.4. The molecule has 0 saturated carbocycles. The summed E-state index contributed by atoms with van der Waals surface area (Å²) in [4.78, 5) is 66.6. The second kappa shape index (κ2) is 12.5. The van der Waals surface area contributed by atoms with Crippen molar-refractivity contribution in [2.75, 3.05) is 6.54 Å². The molecular weight excluding hydrogens is 638 g/mol. The lowest BCUT2D eigenvalue weighted by molar-refractivity contribution is -0.154. The summed E-state index contributed by atoms with van der Waals surface area (Å²) >= 11 is 24.1. The number of allylic oxidation sites excluding steroid dienone is 2. The van der Waals surface area contributed by atoms with Gasteiger partial charge in [0.15, 0.2) is 5.78 Å². The number of benzene rings is 3. The molecule has 0 unspecified atom stereocenters. The van der Waals surface area contributed by atoms with E-state index in [1.807, 2.05) is 13.0 Å². The highest BCUT2D eigenvalue weighted by Gasteiger charge is 2.51. The topological polar surface area (TPSA) is 101 Å². The van der Waals surface area contributed by atoms with Crippen LogP contribution in [-0.2, 0) is 9.59 Å². The van der Waals surface area contributed by atoms with Gasteiger partial charge < -0.3 is 4.74 Å². The number of ether oxygens (including phenoxy) is 1. The number of imide groups is 1. The van der Waals surface area contributed by atoms with E-state index in [1.165, 1.54) is 60.7 Å². The summed E-state index contributed by atoms with van der Waals surface area (Å²) in [5, 5.41) is 2.43. The minimum atomic E-state index is -0.776. The van der Waals surface area contributed by atoms with Crippen LogP contribution in [0.1, 0.15) is 50.8 Å². The Hall–Kier alpha value is -3.69. The average molecular weight is 660 g/mol. The number of carbonyl (C=O) groups is 5. The fourth-order valence-corrected chi connectivity index (χ4v) is 5.81. The largest absolute Gasteiger partial charge is 0.423 e. The first-order valence-electron chi connectivity index (χ1n) is 13.1. The Kier molecular flexibility index (Phi) is 8.94. The number of hydrogen-bond acceptors (Lipinski definition) is 6. The lowest BCUT2D eigenvalue weighted by atomic mass is 9.82. The van der Waals surface area contributed by atoms with Crippen molar-refractivity contribution in [2.45, 2.75) is 19.8 Å². The third kappa shape index (κ3) is 6.33. The van der Waals surface area contributed by atoms with Gasteiger partial charge in [-0.05, 0) is 80.4 Å². The molecule has 0 radical (unpaired) electrons. The van der Waals surface area contributed by atoms with Crippen LogP contribution < -0.4 is 4.74 Å². The molecule has 0 aromatic heterocycles. The van der Waals surface area contributed by atoms with Crippen LogP contribution in [0.15, 0.2) is 72.3 Å². The Balaban J connectivity index is 1.39. The number of esters is 1. The smallest absolute Gasteiger partial charge is 0.345 e. The highest BCUT2D eigenvalue weighted by atomic mass is 35.5. The molecule has 3 aromatic rings. The van der Waals surface area contributed by atoms with Gasteiger partial charge in [0.25, 0.3) is 17.7 Å². The molecule has 43 heavy (non-hydrogen) atoms. The van der Waals surface area contributed by atoms with E-state index in [2.05, 4.69) is 0 Å². The van der Waals surface area contributed by atoms with Crippen molar-refractivity contribution < 1.29 is 28.7 Å². The minimum absolute atomic E-state index is 0.0371. The van der Waals surface area contributed by atoms with Crippen LogP contribution in [0, 0.1) is 11.8 Å². The fraction of sp³-hybridized carbons (Fsp3) is 0.194. The number of halogens is 4. The maximum Gasteiger partial charge on any atom is 0.345 e. The van der Waals surface area contributed by atoms with Crippen LogP contribution in [0.5, 0.6) is 5.75 Å². The standard InChI is InChI=1S/C31H22Cl4N2O6/c1-16-2-9-21-23(12-16)30(41)37(29(21)40)36(28(39)18-5-11-24(33)26(35)13-18)15-27(38)17-3-7-20(8-4-17)43-31(42)22-10-6-19(32)14-25(22)34/h2-8,10-11,13-14,21,23H,9,12,15H2,1H3/t21-,23-/m1/s1. The monoisotopic (exact) mass is 658 g/mol. The number of ketones is 1. The molecule has 1 saturated heterocycles. The highest BCUT2D eigenvalue weighted by Crippen LogP contribution is 2.39. The molecule has 8 nitrogen and oxygen atoms in total. The van der Waals surface area contributed by atoms with Gasteiger partial charge in [-0.1, -0.05) is 58.1 Å². The molecule has 3 amide bonds. The molecule has 0 bridgehead atoms. The molecule has 1 aliphatic heterocycles. The van der Waals surface area contributed by atoms with Crippen LogP contribution in [0.4, 0.5) is 0 Å². The Labute approximate surface area is 266 Å². The number of Topliss-reactive ketones (excluding diaryl/α,β-unsaturated/α-hetero) is 1. The predicted molar refractivity (Wildman–Crippen MR) is 162 cm³/mol. The molecule has 1 fully saturated rings. The fourth-order valence-electron chi connectivity index (χ4n) is 5.02. The van der Waals surface area contributed by atoms with Crippen molar-refractivity contribution in [3.63, 3.8) is 0 Å². The lowest BCUT2D eigenvalue weighted by Gasteiger charge is -2.30. The maximum atomic E-state index is 13.7. The summed E-state index contributed by atoms with van der Waals surface area (Å²) in [5.74, 6) is -4.29. The number of hydrogen-bond donors (Lipinski definition) is 0. The number of carbonyl (C=O) groups excluding carboxylic acids is 5. The van der Waals surface area contributed by atoms with Crippen molar-refractivity contribution >= 4 is 75.9 Å². The van der Waals surface area contributed by atoms with Crippen LogP contribution in [0.3, 0.4) is 0 Å². The molecule has 0 spiro atoms. The van der Waals surface area contributed by atoms with Crippen LogP contribution in [-0.4, -0.2) is 46.0 Å². The summed E-state index contributed by atoms with van der Waals surface area (Å²) in [5.41, 5.74) is 1.26. The maximum absolute atomic E-state index is 13.7. The van der Waals surface area contributed by atoms with E-state index < -0.39 is 47.9 Å². The Bertz CT molecular complexity index is 1700. The third-order valence-electron chi connectivity index (χ3n) is 7.27. The summed E-state index contributed by atoms with van der Waals surface area (Å²) in [7, 11) is 0. The second-order valence-corrected chi connectivity index (χ2v) is 11.8. The Morgan fingerprint density at radius 2 is 1.51 bits per heavy atom. The van der Waals surface area contributed by atoms with Gasteiger partial charge in [0.2, 0.25) is 0 Å². The third-order valence-corrected chi connectivity index (χ3v) is 8.56. The molecule has 12 heteroatoms. The van der Waals surface area contributed by atoms with E-state index in [0.29, 0.717) is 17.9 Å². The molecule has 220 valence electrons. The van der Waals surface area contributed by atoms with Gasteiger partial charge in [-0.2, -0.15) is 5.01 Å². The SMILES string of the molecule is CC1=CC[C@H]2C(=O)N(N(CC(=O)c3ccc(OC(=O)c4ccc(Cl)cc4Cl)cc3)C(=O)c3ccc(Cl)c(Cl)c3)C(=O)[C@@H]2C1. The van der Waals surface area contributed by atoms with Crippen LogP contribution >= 0.6 is 46.4 Å². The number of amides is 3. The van der Waals surface area contributed by atoms with Gasteiger partial charge in [-0.25, -0.2) is 9.80 Å². The lowest BCUT2D eigenvalue weighted by Crippen LogP contribution is -2.52. The zero-order chi connectivity index (χ0) is 31.0. The van der Waals surface area contributed by atoms with Gasteiger partial charge in [0.1, 0.15) is 12.3 Å². The van der Waals surface area contributed by atoms with Gasteiger partial charge in [-0.15, -0.1) is 0 Å². The number of rotatable bonds is 7. The van der Waals surface area contributed by atoms with Gasteiger partial charge in [0.05, 0.1) is 32.5 Å². The van der Waals surface area contributed by atoms with E-state index >= 15 is 0 Å². The second-order valence-electron chi connectivity index (χ2n) is 10.1. The van der Waals surface area contributed by atoms with Crippen molar-refractivity contribution in [3.8, 4) is 5.75 Å². The molecule has 3 aromatic carbocycles. The van der Waals surface area contributed by atoms with E-state index in [4.69, 9.17) is 51.1 Å². The normalized spacial score (nSPS) is 17.8. The number of nitrogens with zero attached hydrogens (tertiary/aromatic N) is 2. The zero-order valence-electron chi connectivity index (χ0n) is 22.5. The molecule has 0 N–H and O–H groups in total. The quantitative estimate of drug-likeness (QED) is 0.0882. The van der Waals surface area contributed by atoms with Crippen molar-refractivity contribution in [2.24, 2.45) is 11.8 Å². The summed E-state index contributed by atoms with van der Waals surface area (Å²) in [6.45, 7) is 1.26. The zero-order valence-corrected chi connectivity index (χ0v) is 25.5. The first-order valence-corrected chi connectivity index (χ1v) is 14.6. The van der Waals surface area contributed by atoms with E-state index in [1.54, 1.807) is 0 Å². The molecule has 2 aliphatic rings. The molecular formula is C31H22Cl4N2O6. The molecule has 5 rings (SSSR count). The number of hydrazine groups is 1. The Morgan fingerprint density at radius 3 is 2.19 bits per heavy atom. The van der Waals surface area contributed by atoms with Crippen LogP contribution in [0.25, 0.3) is 0 Å². The van der Waals surface area contributed by atoms with Gasteiger partial charge >= 0.3 is 5.97 Å². The molecule has 1 heterocycles. The van der Waals surface area contributed by atoms with Gasteiger partial charge in [-0.3, -0.25) is 19.2 Å². The van der Waals surface area contributed by atoms with E-state index in [0.717, 1.165) is 15.6 Å². The molecule has 2 atom stereocenters. The summed E-state index contributed by atoms with van der Waals surface area (Å²) in [6.07, 6.45) is 2.65. The minimum Gasteiger partial charge on any atom is -0.423 e. The van der Waals surface area contributed by atoms with Gasteiger partial charge in [0, 0.05) is 16.1 Å². The van der Waals surface area contributed by atoms with Crippen molar-refractivity contribution in [3.05, 3.63) is 109 Å². The summed E-state index contributed by atoms with van der Waals surface area (Å²) in [6, 6.07) is 14.1. The van der Waals surface area contributed by atoms with Crippen molar-refractivity contribution in [1.82, 2.24) is 10.0 Å². The molecule has 1 aliphatic carbocycles. The van der Waals surface area contributed by atoms with Crippen molar-refractivity contribution in [1.29, 1.82) is 0 Å². The highest BCUT2D eigenvalue weighted by molar-refractivity contribution is 6.42. The van der Waals surface area contributed by atoms with E-state index in [9.17, 15) is 24.0 Å². The first kappa shape index (κ1) is 30.8. The Morgan fingerprint density at radius 1 is 0.837 bits per heavy atom. The predicted octanol–water partition coefficient (Wildman–Crippen LogP) is 7.10.